The van der Waals surface area contributed by atoms with Gasteiger partial charge in [-0.05, 0) is 0 Å². The Morgan fingerprint density at radius 2 is 2.08 bits per heavy atom. The molecule has 0 aromatic rings. The van der Waals surface area contributed by atoms with Crippen molar-refractivity contribution in [2.45, 2.75) is 12.3 Å². The highest BCUT2D eigenvalue weighted by molar-refractivity contribution is 5.56. The molecule has 0 N–H and O–H groups in total. The van der Waals surface area contributed by atoms with E-state index in [0.717, 1.165) is 4.90 Å². The summed E-state index contributed by atoms with van der Waals surface area (Å²) in [4.78, 5) is 0.773. The van der Waals surface area contributed by atoms with Gasteiger partial charge in [0.2, 0.25) is 6.17 Å². The van der Waals surface area contributed by atoms with Crippen LogP contribution >= 0.6 is 0 Å². The minimum atomic E-state index is -4.45. The molecular formula is C6H8F4N3. The molecule has 0 aliphatic carbocycles. The maximum absolute atomic E-state index is 12.3. The van der Waals surface area contributed by atoms with Crippen LogP contribution in [0.4, 0.5) is 17.6 Å². The fourth-order valence-electron chi connectivity index (χ4n) is 1.08. The molecule has 1 atom stereocenters. The molecule has 3 nitrogen and oxygen atoms in total. The van der Waals surface area contributed by atoms with E-state index < -0.39 is 19.0 Å². The molecule has 13 heavy (non-hydrogen) atoms. The van der Waals surface area contributed by atoms with Gasteiger partial charge < -0.3 is 4.90 Å². The van der Waals surface area contributed by atoms with Gasteiger partial charge in [0, 0.05) is 7.05 Å². The summed E-state index contributed by atoms with van der Waals surface area (Å²) in [5.74, 6) is 0. The molecule has 0 fully saturated rings. The number of alkyl halides is 4. The van der Waals surface area contributed by atoms with E-state index in [2.05, 4.69) is 11.4 Å². The van der Waals surface area contributed by atoms with Gasteiger partial charge >= 0.3 is 6.18 Å². The predicted octanol–water partition coefficient (Wildman–Crippen LogP) is 0.912. The maximum atomic E-state index is 12.3. The Hall–Kier alpha value is -1.01. The Morgan fingerprint density at radius 3 is 2.54 bits per heavy atom. The second kappa shape index (κ2) is 3.39. The van der Waals surface area contributed by atoms with Crippen LogP contribution in [0.3, 0.4) is 0 Å². The first-order valence-corrected chi connectivity index (χ1v) is 3.55. The lowest BCUT2D eigenvalue weighted by molar-refractivity contribution is -0.204. The number of rotatable bonds is 2. The zero-order chi connectivity index (χ0) is 10.1. The lowest BCUT2D eigenvalue weighted by atomic mass is 10.4. The van der Waals surface area contributed by atoms with Crippen LogP contribution in [0.2, 0.25) is 0 Å². The smallest absolute Gasteiger partial charge is 0.326 e. The molecule has 0 spiro atoms. The van der Waals surface area contributed by atoms with Crippen LogP contribution in [0, 0.1) is 0 Å². The highest BCUT2D eigenvalue weighted by Crippen LogP contribution is 2.28. The van der Waals surface area contributed by atoms with E-state index in [4.69, 9.17) is 0 Å². The van der Waals surface area contributed by atoms with Crippen molar-refractivity contribution in [3.63, 3.8) is 0 Å². The quantitative estimate of drug-likeness (QED) is 0.614. The zero-order valence-corrected chi connectivity index (χ0v) is 6.85. The SMILES string of the molecule is CN1[C]=NN(CCF)C1C(F)(F)F. The molecule has 1 heterocycles. The Morgan fingerprint density at radius 1 is 1.46 bits per heavy atom. The molecule has 0 bridgehead atoms. The van der Waals surface area contributed by atoms with Crippen LogP contribution in [0.15, 0.2) is 5.10 Å². The molecule has 1 rings (SSSR count). The standard InChI is InChI=1S/C6H8F4N3/c1-12-4-11-13(3-2-7)5(12)6(8,9)10/h5H,2-3H2,1H3. The van der Waals surface area contributed by atoms with Crippen LogP contribution in [0.25, 0.3) is 0 Å². The van der Waals surface area contributed by atoms with E-state index >= 15 is 0 Å². The number of hydrogen-bond donors (Lipinski definition) is 0. The molecule has 0 saturated carbocycles. The summed E-state index contributed by atoms with van der Waals surface area (Å²) >= 11 is 0. The van der Waals surface area contributed by atoms with E-state index in [1.807, 2.05) is 0 Å². The third-order valence-corrected chi connectivity index (χ3v) is 1.59. The molecule has 1 aliphatic rings. The minimum Gasteiger partial charge on any atom is -0.326 e. The third-order valence-electron chi connectivity index (χ3n) is 1.59. The monoisotopic (exact) mass is 198 g/mol. The summed E-state index contributed by atoms with van der Waals surface area (Å²) in [6.07, 6.45) is -4.22. The van der Waals surface area contributed by atoms with E-state index in [-0.39, 0.29) is 6.54 Å². The summed E-state index contributed by atoms with van der Waals surface area (Å²) in [6, 6.07) is 0. The highest BCUT2D eigenvalue weighted by atomic mass is 19.4. The normalized spacial score (nSPS) is 23.0. The highest BCUT2D eigenvalue weighted by Gasteiger charge is 2.48. The molecule has 1 radical (unpaired) electrons. The number of nitrogens with zero attached hydrogens (tertiary/aromatic N) is 3. The number of hydrazone groups is 1. The predicted molar refractivity (Wildman–Crippen MR) is 37.7 cm³/mol. The maximum Gasteiger partial charge on any atom is 0.429 e. The second-order valence-electron chi connectivity index (χ2n) is 2.58. The van der Waals surface area contributed by atoms with Gasteiger partial charge in [-0.2, -0.15) is 18.3 Å². The lowest BCUT2D eigenvalue weighted by Crippen LogP contribution is -2.49. The molecule has 0 saturated heterocycles. The molecule has 0 aromatic heterocycles. The Labute approximate surface area is 72.6 Å². The van der Waals surface area contributed by atoms with Gasteiger partial charge in [0.15, 0.2) is 6.34 Å². The van der Waals surface area contributed by atoms with Crippen molar-refractivity contribution >= 4 is 6.34 Å². The average molecular weight is 198 g/mol. The van der Waals surface area contributed by atoms with E-state index in [1.165, 1.54) is 7.05 Å². The summed E-state index contributed by atoms with van der Waals surface area (Å²) in [6.45, 7) is -1.24. The summed E-state index contributed by atoms with van der Waals surface area (Å²) in [5.41, 5.74) is 0. The van der Waals surface area contributed by atoms with Crippen LogP contribution in [-0.2, 0) is 0 Å². The van der Waals surface area contributed by atoms with Crippen molar-refractivity contribution in [3.05, 3.63) is 0 Å². The second-order valence-corrected chi connectivity index (χ2v) is 2.58. The van der Waals surface area contributed by atoms with Crippen molar-refractivity contribution in [2.75, 3.05) is 20.3 Å². The van der Waals surface area contributed by atoms with Crippen molar-refractivity contribution < 1.29 is 17.6 Å². The number of halogens is 4. The van der Waals surface area contributed by atoms with Gasteiger partial charge in [-0.3, -0.25) is 5.01 Å². The third kappa shape index (κ3) is 2.02. The average Bonchev–Trinajstić information content (AvgIpc) is 2.31. The first-order chi connectivity index (χ1) is 5.96. The molecule has 1 unspecified atom stereocenters. The van der Waals surface area contributed by atoms with Crippen LogP contribution < -0.4 is 0 Å². The molecular weight excluding hydrogens is 190 g/mol. The van der Waals surface area contributed by atoms with E-state index in [0.29, 0.717) is 5.01 Å². The van der Waals surface area contributed by atoms with Crippen molar-refractivity contribution in [2.24, 2.45) is 5.10 Å². The van der Waals surface area contributed by atoms with Gasteiger partial charge in [-0.25, -0.2) is 4.39 Å². The fourth-order valence-corrected chi connectivity index (χ4v) is 1.08. The number of hydrogen-bond acceptors (Lipinski definition) is 3. The van der Waals surface area contributed by atoms with Gasteiger partial charge in [0.1, 0.15) is 6.67 Å². The Balaban J connectivity index is 2.70. The van der Waals surface area contributed by atoms with Crippen LogP contribution in [0.1, 0.15) is 0 Å². The molecule has 7 heteroatoms. The van der Waals surface area contributed by atoms with Gasteiger partial charge in [-0.15, -0.1) is 0 Å². The summed E-state index contributed by atoms with van der Waals surface area (Å²) < 4.78 is 48.7. The largest absolute Gasteiger partial charge is 0.429 e. The first-order valence-electron chi connectivity index (χ1n) is 3.55. The lowest BCUT2D eigenvalue weighted by Gasteiger charge is -2.28. The van der Waals surface area contributed by atoms with Crippen LogP contribution in [-0.4, -0.2) is 48.9 Å². The van der Waals surface area contributed by atoms with Gasteiger partial charge in [-0.1, -0.05) is 0 Å². The first kappa shape index (κ1) is 10.1. The Bertz CT molecular complexity index is 203. The Kier molecular flexibility index (Phi) is 2.63. The molecule has 75 valence electrons. The fraction of sp³-hybridized carbons (Fsp3) is 0.833. The summed E-state index contributed by atoms with van der Waals surface area (Å²) in [5, 5.41) is 3.93. The van der Waals surface area contributed by atoms with Crippen molar-refractivity contribution in [1.82, 2.24) is 9.91 Å². The van der Waals surface area contributed by atoms with Crippen LogP contribution in [0.5, 0.6) is 0 Å². The van der Waals surface area contributed by atoms with E-state index in [9.17, 15) is 17.6 Å². The van der Waals surface area contributed by atoms with Crippen molar-refractivity contribution in [3.8, 4) is 0 Å². The summed E-state index contributed by atoms with van der Waals surface area (Å²) in [7, 11) is 1.19. The topological polar surface area (TPSA) is 18.8 Å². The van der Waals surface area contributed by atoms with Gasteiger partial charge in [0.25, 0.3) is 0 Å². The minimum absolute atomic E-state index is 0.373. The van der Waals surface area contributed by atoms with Gasteiger partial charge in [0.05, 0.1) is 6.54 Å². The molecule has 0 aromatic carbocycles. The molecule has 1 aliphatic heterocycles. The van der Waals surface area contributed by atoms with E-state index in [1.54, 1.807) is 0 Å². The molecule has 0 amide bonds. The zero-order valence-electron chi connectivity index (χ0n) is 6.85. The van der Waals surface area contributed by atoms with Crippen molar-refractivity contribution in [1.29, 1.82) is 0 Å².